The predicted molar refractivity (Wildman–Crippen MR) is 109 cm³/mol. The van der Waals surface area contributed by atoms with Crippen LogP contribution in [0.3, 0.4) is 0 Å². The molecule has 0 fully saturated rings. The molecule has 26 heavy (non-hydrogen) atoms. The maximum absolute atomic E-state index is 5.75. The lowest BCUT2D eigenvalue weighted by Crippen LogP contribution is -1.97. The van der Waals surface area contributed by atoms with E-state index in [2.05, 4.69) is 40.0 Å². The Morgan fingerprint density at radius 1 is 1.04 bits per heavy atom. The fourth-order valence-electron chi connectivity index (χ4n) is 2.85. The van der Waals surface area contributed by atoms with Crippen LogP contribution in [0, 0.1) is 0 Å². The van der Waals surface area contributed by atoms with Gasteiger partial charge in [-0.25, -0.2) is 0 Å². The van der Waals surface area contributed by atoms with E-state index >= 15 is 0 Å². The molecule has 0 saturated carbocycles. The number of thiophene rings is 1. The number of hydrogen-bond donors (Lipinski definition) is 1. The van der Waals surface area contributed by atoms with Crippen LogP contribution in [0.1, 0.15) is 12.0 Å². The number of anilines is 1. The van der Waals surface area contributed by atoms with E-state index in [0.717, 1.165) is 34.9 Å². The van der Waals surface area contributed by atoms with Crippen molar-refractivity contribution in [3.8, 4) is 21.9 Å². The first-order valence-corrected chi connectivity index (χ1v) is 9.51. The maximum Gasteiger partial charge on any atom is 0.161 e. The summed E-state index contributed by atoms with van der Waals surface area (Å²) in [6, 6.07) is 16.4. The first-order valence-electron chi connectivity index (χ1n) is 8.63. The Morgan fingerprint density at radius 2 is 1.92 bits per heavy atom. The van der Waals surface area contributed by atoms with Gasteiger partial charge >= 0.3 is 0 Å². The van der Waals surface area contributed by atoms with Crippen molar-refractivity contribution in [3.05, 3.63) is 59.5 Å². The van der Waals surface area contributed by atoms with Gasteiger partial charge in [0.05, 0.1) is 24.6 Å². The van der Waals surface area contributed by atoms with Crippen LogP contribution in [0.5, 0.6) is 11.5 Å². The van der Waals surface area contributed by atoms with Gasteiger partial charge < -0.3 is 14.8 Å². The zero-order valence-corrected chi connectivity index (χ0v) is 15.4. The predicted octanol–water partition coefficient (Wildman–Crippen LogP) is 5.37. The number of benzene rings is 2. The molecule has 4 nitrogen and oxygen atoms in total. The molecule has 0 saturated heterocycles. The zero-order valence-electron chi connectivity index (χ0n) is 14.6. The molecule has 1 aliphatic rings. The molecule has 0 bridgehead atoms. The first-order chi connectivity index (χ1) is 12.8. The first kappa shape index (κ1) is 16.7. The molecule has 0 unspecified atom stereocenters. The van der Waals surface area contributed by atoms with Crippen LogP contribution in [-0.4, -0.2) is 26.5 Å². The molecule has 0 radical (unpaired) electrons. The maximum atomic E-state index is 5.75. The second kappa shape index (κ2) is 7.62. The van der Waals surface area contributed by atoms with Gasteiger partial charge in [0, 0.05) is 24.6 Å². The molecule has 0 atom stereocenters. The SMILES string of the molecule is CNc1cc(-c2cccs2)ccc1N=Cc1ccc2c(c1)OCCCO2. The van der Waals surface area contributed by atoms with Gasteiger partial charge in [-0.3, -0.25) is 4.99 Å². The van der Waals surface area contributed by atoms with Crippen LogP contribution in [0.15, 0.2) is 58.9 Å². The van der Waals surface area contributed by atoms with Crippen molar-refractivity contribution in [2.24, 2.45) is 4.99 Å². The van der Waals surface area contributed by atoms with E-state index in [1.807, 2.05) is 37.5 Å². The fourth-order valence-corrected chi connectivity index (χ4v) is 3.57. The van der Waals surface area contributed by atoms with Crippen molar-refractivity contribution < 1.29 is 9.47 Å². The van der Waals surface area contributed by atoms with E-state index < -0.39 is 0 Å². The fraction of sp³-hybridized carbons (Fsp3) is 0.190. The Hall–Kier alpha value is -2.79. The van der Waals surface area contributed by atoms with Gasteiger partial charge in [-0.1, -0.05) is 12.1 Å². The molecular formula is C21H20N2O2S. The van der Waals surface area contributed by atoms with Crippen molar-refractivity contribution in [2.75, 3.05) is 25.6 Å². The third-order valence-electron chi connectivity index (χ3n) is 4.20. The van der Waals surface area contributed by atoms with Crippen LogP contribution in [-0.2, 0) is 0 Å². The van der Waals surface area contributed by atoms with Gasteiger partial charge in [-0.05, 0) is 52.9 Å². The average Bonchev–Trinajstić information content (AvgIpc) is 3.12. The molecule has 1 N–H and O–H groups in total. The Balaban J connectivity index is 1.59. The third kappa shape index (κ3) is 3.58. The second-order valence-corrected chi connectivity index (χ2v) is 6.92. The Morgan fingerprint density at radius 3 is 2.73 bits per heavy atom. The summed E-state index contributed by atoms with van der Waals surface area (Å²) in [6.07, 6.45) is 2.76. The van der Waals surface area contributed by atoms with Crippen molar-refractivity contribution in [2.45, 2.75) is 6.42 Å². The number of ether oxygens (including phenoxy) is 2. The largest absolute Gasteiger partial charge is 0.490 e. The average molecular weight is 364 g/mol. The lowest BCUT2D eigenvalue weighted by molar-refractivity contribution is 0.297. The molecule has 1 aliphatic heterocycles. The van der Waals surface area contributed by atoms with Gasteiger partial charge in [0.15, 0.2) is 11.5 Å². The molecule has 5 heteroatoms. The third-order valence-corrected chi connectivity index (χ3v) is 5.11. The van der Waals surface area contributed by atoms with Crippen LogP contribution < -0.4 is 14.8 Å². The monoisotopic (exact) mass is 364 g/mol. The smallest absolute Gasteiger partial charge is 0.161 e. The minimum Gasteiger partial charge on any atom is -0.490 e. The van der Waals surface area contributed by atoms with Crippen LogP contribution in [0.4, 0.5) is 11.4 Å². The molecule has 4 rings (SSSR count). The minimum atomic E-state index is 0.682. The number of aliphatic imine (C=N–C) groups is 1. The van der Waals surface area contributed by atoms with E-state index in [0.29, 0.717) is 13.2 Å². The summed E-state index contributed by atoms with van der Waals surface area (Å²) in [4.78, 5) is 5.91. The van der Waals surface area contributed by atoms with Gasteiger partial charge in [-0.2, -0.15) is 0 Å². The standard InChI is InChI=1S/C21H20N2O2S/c1-22-18-13-16(21-4-2-11-26-21)6-7-17(18)23-14-15-5-8-19-20(12-15)25-10-3-9-24-19/h2,4-8,11-14,22H,3,9-10H2,1H3. The molecule has 2 aromatic carbocycles. The van der Waals surface area contributed by atoms with Gasteiger partial charge in [-0.15, -0.1) is 11.3 Å². The molecular weight excluding hydrogens is 344 g/mol. The van der Waals surface area contributed by atoms with Gasteiger partial charge in [0.25, 0.3) is 0 Å². The summed E-state index contributed by atoms with van der Waals surface area (Å²) < 4.78 is 11.4. The van der Waals surface area contributed by atoms with Gasteiger partial charge in [0.2, 0.25) is 0 Å². The quantitative estimate of drug-likeness (QED) is 0.633. The summed E-state index contributed by atoms with van der Waals surface area (Å²) in [5.41, 5.74) is 4.08. The van der Waals surface area contributed by atoms with E-state index in [4.69, 9.17) is 9.47 Å². The molecule has 0 amide bonds. The van der Waals surface area contributed by atoms with Crippen molar-refractivity contribution >= 4 is 28.9 Å². The zero-order chi connectivity index (χ0) is 17.8. The Labute approximate surface area is 157 Å². The molecule has 3 aromatic rings. The van der Waals surface area contributed by atoms with Crippen LogP contribution in [0.25, 0.3) is 10.4 Å². The lowest BCUT2D eigenvalue weighted by atomic mass is 10.1. The molecule has 132 valence electrons. The summed E-state index contributed by atoms with van der Waals surface area (Å²) in [5.74, 6) is 1.59. The summed E-state index contributed by atoms with van der Waals surface area (Å²) in [5, 5.41) is 5.33. The lowest BCUT2D eigenvalue weighted by Gasteiger charge is -2.08. The molecule has 1 aromatic heterocycles. The van der Waals surface area contributed by atoms with Gasteiger partial charge in [0.1, 0.15) is 0 Å². The highest BCUT2D eigenvalue weighted by Crippen LogP contribution is 2.33. The molecule has 0 aliphatic carbocycles. The van der Waals surface area contributed by atoms with Crippen molar-refractivity contribution in [1.82, 2.24) is 0 Å². The topological polar surface area (TPSA) is 42.9 Å². The van der Waals surface area contributed by atoms with E-state index in [-0.39, 0.29) is 0 Å². The normalized spacial score (nSPS) is 13.6. The molecule has 0 spiro atoms. The second-order valence-electron chi connectivity index (χ2n) is 5.97. The highest BCUT2D eigenvalue weighted by atomic mass is 32.1. The number of nitrogens with zero attached hydrogens (tertiary/aromatic N) is 1. The van der Waals surface area contributed by atoms with Crippen LogP contribution in [0.2, 0.25) is 0 Å². The number of nitrogens with one attached hydrogen (secondary N) is 1. The number of rotatable bonds is 4. The van der Waals surface area contributed by atoms with Crippen molar-refractivity contribution in [1.29, 1.82) is 0 Å². The minimum absolute atomic E-state index is 0.682. The number of hydrogen-bond acceptors (Lipinski definition) is 5. The van der Waals surface area contributed by atoms with E-state index in [1.165, 1.54) is 10.4 Å². The van der Waals surface area contributed by atoms with Crippen molar-refractivity contribution in [3.63, 3.8) is 0 Å². The highest BCUT2D eigenvalue weighted by Gasteiger charge is 2.10. The van der Waals surface area contributed by atoms with Crippen LogP contribution >= 0.6 is 11.3 Å². The molecule has 2 heterocycles. The Kier molecular flexibility index (Phi) is 4.88. The highest BCUT2D eigenvalue weighted by molar-refractivity contribution is 7.13. The van der Waals surface area contributed by atoms with E-state index in [1.54, 1.807) is 11.3 Å². The summed E-state index contributed by atoms with van der Waals surface area (Å²) in [6.45, 7) is 1.38. The number of fused-ring (bicyclic) bond motifs is 1. The summed E-state index contributed by atoms with van der Waals surface area (Å²) in [7, 11) is 1.92. The summed E-state index contributed by atoms with van der Waals surface area (Å²) >= 11 is 1.73. The Bertz CT molecular complexity index is 920. The van der Waals surface area contributed by atoms with E-state index in [9.17, 15) is 0 Å².